The monoisotopic (exact) mass is 319 g/mol. The van der Waals surface area contributed by atoms with Crippen molar-refractivity contribution in [2.24, 2.45) is 5.84 Å². The first-order valence-corrected chi connectivity index (χ1v) is 6.65. The fourth-order valence-corrected chi connectivity index (χ4v) is 3.31. The molecular formula is C7H8Cl3N3O3S. The van der Waals surface area contributed by atoms with Crippen LogP contribution in [0.3, 0.4) is 0 Å². The lowest BCUT2D eigenvalue weighted by Crippen LogP contribution is -2.22. The van der Waals surface area contributed by atoms with E-state index in [2.05, 4.69) is 5.43 Å². The van der Waals surface area contributed by atoms with Crippen LogP contribution in [0.5, 0.6) is 0 Å². The lowest BCUT2D eigenvalue weighted by molar-refractivity contribution is 0.483. The van der Waals surface area contributed by atoms with Crippen molar-refractivity contribution in [1.82, 2.24) is 5.43 Å². The Morgan fingerprint density at radius 3 is 2.12 bits per heavy atom. The average Bonchev–Trinajstić information content (AvgIpc) is 2.19. The summed E-state index contributed by atoms with van der Waals surface area (Å²) >= 11 is 17.3. The Balaban J connectivity index is 3.74. The lowest BCUT2D eigenvalue weighted by atomic mass is 10.2. The van der Waals surface area contributed by atoms with Crippen molar-refractivity contribution in [3.8, 4) is 0 Å². The van der Waals surface area contributed by atoms with Gasteiger partial charge < -0.3 is 5.73 Å². The van der Waals surface area contributed by atoms with Crippen molar-refractivity contribution in [3.63, 3.8) is 0 Å². The van der Waals surface area contributed by atoms with Crippen LogP contribution >= 0.6 is 34.8 Å². The van der Waals surface area contributed by atoms with Crippen LogP contribution in [0.4, 0.5) is 5.69 Å². The van der Waals surface area contributed by atoms with Crippen LogP contribution in [0, 0.1) is 0 Å². The van der Waals surface area contributed by atoms with Crippen molar-refractivity contribution >= 4 is 50.6 Å². The van der Waals surface area contributed by atoms with E-state index in [0.29, 0.717) is 0 Å². The number of halogens is 3. The molecule has 0 aliphatic carbocycles. The molecule has 0 saturated carbocycles. The number of nitrogen functional groups attached to an aromatic ring is 1. The zero-order chi connectivity index (χ0) is 13.4. The van der Waals surface area contributed by atoms with E-state index in [0.717, 1.165) is 0 Å². The van der Waals surface area contributed by atoms with Crippen LogP contribution in [-0.2, 0) is 16.7 Å². The van der Waals surface area contributed by atoms with E-state index in [9.17, 15) is 8.42 Å². The van der Waals surface area contributed by atoms with Crippen molar-refractivity contribution < 1.29 is 13.0 Å². The molecule has 10 heteroatoms. The lowest BCUT2D eigenvalue weighted by Gasteiger charge is -2.14. The highest BCUT2D eigenvalue weighted by molar-refractivity contribution is 7.86. The summed E-state index contributed by atoms with van der Waals surface area (Å²) in [6.07, 6.45) is 0. The summed E-state index contributed by atoms with van der Waals surface area (Å²) in [7, 11) is -4.62. The number of hydrazine groups is 1. The van der Waals surface area contributed by atoms with E-state index < -0.39 is 20.0 Å². The Bertz CT molecular complexity index is 561. The minimum absolute atomic E-state index is 0.0228. The van der Waals surface area contributed by atoms with Crippen molar-refractivity contribution in [2.45, 2.75) is 11.4 Å². The number of nitrogens with one attached hydrogen (secondary N) is 1. The molecule has 6 nitrogen and oxygen atoms in total. The molecule has 0 spiro atoms. The molecule has 0 aromatic heterocycles. The Morgan fingerprint density at radius 2 is 1.71 bits per heavy atom. The van der Waals surface area contributed by atoms with Crippen LogP contribution in [0.1, 0.15) is 5.56 Å². The molecule has 0 aliphatic rings. The highest BCUT2D eigenvalue weighted by atomic mass is 35.5. The first-order chi connectivity index (χ1) is 7.71. The summed E-state index contributed by atoms with van der Waals surface area (Å²) in [5, 5.41) is -0.775. The van der Waals surface area contributed by atoms with Gasteiger partial charge in [0.05, 0.1) is 20.8 Å². The highest BCUT2D eigenvalue weighted by Gasteiger charge is 2.26. The summed E-state index contributed by atoms with van der Waals surface area (Å²) in [6.45, 7) is -0.0401. The molecule has 0 fully saturated rings. The van der Waals surface area contributed by atoms with Gasteiger partial charge in [-0.05, 0) is 0 Å². The number of anilines is 1. The normalized spacial score (nSPS) is 11.8. The molecular weight excluding hydrogens is 313 g/mol. The van der Waals surface area contributed by atoms with Gasteiger partial charge in [0.1, 0.15) is 4.90 Å². The van der Waals surface area contributed by atoms with Gasteiger partial charge in [-0.1, -0.05) is 34.8 Å². The molecule has 1 aromatic carbocycles. The predicted molar refractivity (Wildman–Crippen MR) is 66.7 cm³/mol. The molecule has 0 bridgehead atoms. The second-order valence-electron chi connectivity index (χ2n) is 3.02. The third kappa shape index (κ3) is 2.76. The van der Waals surface area contributed by atoms with E-state index in [1.54, 1.807) is 0 Å². The van der Waals surface area contributed by atoms with Crippen molar-refractivity contribution in [3.05, 3.63) is 20.6 Å². The number of rotatable bonds is 3. The van der Waals surface area contributed by atoms with Gasteiger partial charge in [0.15, 0.2) is 0 Å². The van der Waals surface area contributed by atoms with Gasteiger partial charge in [-0.2, -0.15) is 8.42 Å². The van der Waals surface area contributed by atoms with Crippen LogP contribution < -0.4 is 17.0 Å². The van der Waals surface area contributed by atoms with Crippen molar-refractivity contribution in [1.29, 1.82) is 0 Å². The second-order valence-corrected chi connectivity index (χ2v) is 5.51. The maximum atomic E-state index is 11.1. The van der Waals surface area contributed by atoms with Gasteiger partial charge in [0.25, 0.3) is 10.1 Å². The summed E-state index contributed by atoms with van der Waals surface area (Å²) in [5.74, 6) is 5.09. The van der Waals surface area contributed by atoms with Crippen LogP contribution in [0.15, 0.2) is 4.90 Å². The minimum Gasteiger partial charge on any atom is -0.396 e. The molecule has 96 valence electrons. The van der Waals surface area contributed by atoms with Gasteiger partial charge in [0, 0.05) is 12.1 Å². The first kappa shape index (κ1) is 14.8. The quantitative estimate of drug-likeness (QED) is 0.290. The van der Waals surface area contributed by atoms with Gasteiger partial charge in [-0.15, -0.1) is 0 Å². The Labute approximate surface area is 113 Å². The smallest absolute Gasteiger partial charge is 0.297 e. The molecule has 0 atom stereocenters. The third-order valence-electron chi connectivity index (χ3n) is 1.94. The molecule has 1 rings (SSSR count). The SMILES string of the molecule is NNCc1c(Cl)c(N)c(Cl)c(S(=O)(=O)O)c1Cl. The minimum atomic E-state index is -4.62. The molecule has 17 heavy (non-hydrogen) atoms. The van der Waals surface area contributed by atoms with Crippen LogP contribution in [-0.4, -0.2) is 13.0 Å². The van der Waals surface area contributed by atoms with Gasteiger partial charge in [0.2, 0.25) is 0 Å². The standard InChI is InChI=1S/C7H8Cl3N3O3S/c8-3-2(1-13-12)4(9)7(17(14,15)16)5(10)6(3)11/h13H,1,11-12H2,(H,14,15,16). The summed E-state index contributed by atoms with van der Waals surface area (Å²) in [6, 6.07) is 0. The summed E-state index contributed by atoms with van der Waals surface area (Å²) < 4.78 is 31.3. The average molecular weight is 321 g/mol. The van der Waals surface area contributed by atoms with Gasteiger partial charge in [-0.3, -0.25) is 15.8 Å². The van der Waals surface area contributed by atoms with Crippen LogP contribution in [0.2, 0.25) is 15.1 Å². The predicted octanol–water partition coefficient (Wildman–Crippen LogP) is 1.44. The Kier molecular flexibility index (Phi) is 4.48. The Morgan fingerprint density at radius 1 is 1.18 bits per heavy atom. The van der Waals surface area contributed by atoms with E-state index in [4.69, 9.17) is 50.9 Å². The van der Waals surface area contributed by atoms with Gasteiger partial charge >= 0.3 is 0 Å². The zero-order valence-electron chi connectivity index (χ0n) is 8.17. The summed E-state index contributed by atoms with van der Waals surface area (Å²) in [5.41, 5.74) is 7.69. The van der Waals surface area contributed by atoms with E-state index in [1.165, 1.54) is 0 Å². The van der Waals surface area contributed by atoms with E-state index in [1.807, 2.05) is 0 Å². The fraction of sp³-hybridized carbons (Fsp3) is 0.143. The molecule has 1 aromatic rings. The molecule has 0 radical (unpaired) electrons. The molecule has 0 unspecified atom stereocenters. The molecule has 0 aliphatic heterocycles. The third-order valence-corrected chi connectivity index (χ3v) is 4.33. The maximum Gasteiger partial charge on any atom is 0.297 e. The van der Waals surface area contributed by atoms with E-state index in [-0.39, 0.29) is 27.8 Å². The van der Waals surface area contributed by atoms with E-state index >= 15 is 0 Å². The fourth-order valence-electron chi connectivity index (χ4n) is 1.19. The molecule has 0 amide bonds. The first-order valence-electron chi connectivity index (χ1n) is 4.07. The highest BCUT2D eigenvalue weighted by Crippen LogP contribution is 2.42. The van der Waals surface area contributed by atoms with Crippen LogP contribution in [0.25, 0.3) is 0 Å². The molecule has 0 saturated heterocycles. The number of nitrogens with two attached hydrogens (primary N) is 2. The largest absolute Gasteiger partial charge is 0.396 e. The number of benzene rings is 1. The maximum absolute atomic E-state index is 11.1. The summed E-state index contributed by atoms with van der Waals surface area (Å²) in [4.78, 5) is -0.687. The Hall–Kier alpha value is -0.280. The van der Waals surface area contributed by atoms with Crippen molar-refractivity contribution in [2.75, 3.05) is 5.73 Å². The molecule has 6 N–H and O–H groups in total. The number of hydrogen-bond acceptors (Lipinski definition) is 5. The zero-order valence-corrected chi connectivity index (χ0v) is 11.3. The molecule has 0 heterocycles. The topological polar surface area (TPSA) is 118 Å². The number of hydrogen-bond donors (Lipinski definition) is 4. The second kappa shape index (κ2) is 5.15. The van der Waals surface area contributed by atoms with Gasteiger partial charge in [-0.25, -0.2) is 0 Å².